The lowest BCUT2D eigenvalue weighted by Crippen LogP contribution is -2.25. The van der Waals surface area contributed by atoms with Crippen LogP contribution < -0.4 is 10.0 Å². The van der Waals surface area contributed by atoms with Gasteiger partial charge in [0.2, 0.25) is 10.0 Å². The number of benzene rings is 2. The van der Waals surface area contributed by atoms with Crippen molar-refractivity contribution in [3.63, 3.8) is 0 Å². The van der Waals surface area contributed by atoms with Gasteiger partial charge in [-0.1, -0.05) is 23.2 Å². The van der Waals surface area contributed by atoms with Crippen LogP contribution in [0, 0.1) is 0 Å². The predicted molar refractivity (Wildman–Crippen MR) is 103 cm³/mol. The highest BCUT2D eigenvalue weighted by Crippen LogP contribution is 2.23. The Labute approximate surface area is 162 Å². The van der Waals surface area contributed by atoms with E-state index in [1.165, 1.54) is 36.4 Å². The van der Waals surface area contributed by atoms with Crippen molar-refractivity contribution in [3.05, 3.63) is 58.1 Å². The summed E-state index contributed by atoms with van der Waals surface area (Å²) in [5.74, 6) is -0.378. The van der Waals surface area contributed by atoms with E-state index in [2.05, 4.69) is 10.0 Å². The maximum absolute atomic E-state index is 12.2. The second-order valence-electron chi connectivity index (χ2n) is 5.35. The normalized spacial score (nSPS) is 11.3. The molecule has 140 valence electrons. The summed E-state index contributed by atoms with van der Waals surface area (Å²) in [6, 6.07) is 10.4. The first-order valence-electron chi connectivity index (χ1n) is 7.68. The number of halogens is 2. The molecule has 0 spiro atoms. The minimum atomic E-state index is -3.60. The first-order chi connectivity index (χ1) is 12.3. The van der Waals surface area contributed by atoms with E-state index in [1.54, 1.807) is 13.2 Å². The summed E-state index contributed by atoms with van der Waals surface area (Å²) < 4.78 is 31.7. The Kier molecular flexibility index (Phi) is 7.43. The van der Waals surface area contributed by atoms with E-state index in [0.29, 0.717) is 29.3 Å². The number of ether oxygens (including phenoxy) is 1. The summed E-state index contributed by atoms with van der Waals surface area (Å²) >= 11 is 11.7. The van der Waals surface area contributed by atoms with Gasteiger partial charge >= 0.3 is 0 Å². The minimum absolute atomic E-state index is 0.113. The monoisotopic (exact) mass is 416 g/mol. The Bertz CT molecular complexity index is 871. The van der Waals surface area contributed by atoms with Gasteiger partial charge < -0.3 is 10.1 Å². The molecule has 0 radical (unpaired) electrons. The molecule has 0 aliphatic rings. The van der Waals surface area contributed by atoms with Crippen LogP contribution in [0.25, 0.3) is 0 Å². The zero-order valence-corrected chi connectivity index (χ0v) is 16.3. The topological polar surface area (TPSA) is 84.5 Å². The molecule has 2 rings (SSSR count). The molecule has 0 aliphatic carbocycles. The number of rotatable bonds is 8. The maximum atomic E-state index is 12.2. The molecule has 1 amide bonds. The molecule has 0 bridgehead atoms. The molecule has 26 heavy (non-hydrogen) atoms. The molecule has 0 unspecified atom stereocenters. The largest absolute Gasteiger partial charge is 0.385 e. The van der Waals surface area contributed by atoms with E-state index < -0.39 is 10.0 Å². The summed E-state index contributed by atoms with van der Waals surface area (Å²) in [5, 5.41) is 3.31. The van der Waals surface area contributed by atoms with Crippen molar-refractivity contribution in [1.82, 2.24) is 4.72 Å². The number of anilines is 1. The van der Waals surface area contributed by atoms with E-state index in [-0.39, 0.29) is 22.4 Å². The van der Waals surface area contributed by atoms with Gasteiger partial charge in [-0.3, -0.25) is 4.79 Å². The van der Waals surface area contributed by atoms with Crippen LogP contribution in [0.15, 0.2) is 47.4 Å². The lowest BCUT2D eigenvalue weighted by atomic mass is 10.2. The zero-order chi connectivity index (χ0) is 19.2. The van der Waals surface area contributed by atoms with Crippen molar-refractivity contribution < 1.29 is 17.9 Å². The highest BCUT2D eigenvalue weighted by Gasteiger charge is 2.14. The van der Waals surface area contributed by atoms with Crippen molar-refractivity contribution in [2.75, 3.05) is 25.6 Å². The van der Waals surface area contributed by atoms with Crippen molar-refractivity contribution in [2.45, 2.75) is 11.3 Å². The van der Waals surface area contributed by atoms with E-state index in [9.17, 15) is 13.2 Å². The molecule has 0 saturated carbocycles. The molecule has 0 aromatic heterocycles. The number of carbonyl (C=O) groups excluding carboxylic acids is 1. The van der Waals surface area contributed by atoms with Gasteiger partial charge in [-0.15, -0.1) is 0 Å². The van der Waals surface area contributed by atoms with Crippen LogP contribution in [0.3, 0.4) is 0 Å². The highest BCUT2D eigenvalue weighted by molar-refractivity contribution is 7.89. The Morgan fingerprint density at radius 2 is 1.77 bits per heavy atom. The molecule has 0 fully saturated rings. The molecule has 0 aliphatic heterocycles. The quantitative estimate of drug-likeness (QED) is 0.644. The van der Waals surface area contributed by atoms with Crippen LogP contribution in [0.5, 0.6) is 0 Å². The molecule has 0 atom stereocenters. The van der Waals surface area contributed by atoms with Gasteiger partial charge in [-0.05, 0) is 48.9 Å². The summed E-state index contributed by atoms with van der Waals surface area (Å²) in [4.78, 5) is 12.3. The summed E-state index contributed by atoms with van der Waals surface area (Å²) in [7, 11) is -2.04. The number of hydrogen-bond acceptors (Lipinski definition) is 4. The molecule has 2 aromatic carbocycles. The number of amides is 1. The third-order valence-corrected chi connectivity index (χ3v) is 5.64. The van der Waals surface area contributed by atoms with E-state index in [4.69, 9.17) is 27.9 Å². The molecule has 2 aromatic rings. The lowest BCUT2D eigenvalue weighted by Gasteiger charge is -2.09. The van der Waals surface area contributed by atoms with Crippen LogP contribution in [0.1, 0.15) is 16.8 Å². The lowest BCUT2D eigenvalue weighted by molar-refractivity contribution is 0.102. The Morgan fingerprint density at radius 3 is 2.38 bits per heavy atom. The van der Waals surface area contributed by atoms with Crippen LogP contribution in [-0.2, 0) is 14.8 Å². The number of hydrogen-bond donors (Lipinski definition) is 2. The molecule has 0 heterocycles. The average molecular weight is 417 g/mol. The second kappa shape index (κ2) is 9.34. The first-order valence-corrected chi connectivity index (χ1v) is 9.92. The van der Waals surface area contributed by atoms with E-state index >= 15 is 0 Å². The smallest absolute Gasteiger partial charge is 0.255 e. The predicted octanol–water partition coefficient (Wildman–Crippen LogP) is 3.56. The summed E-state index contributed by atoms with van der Waals surface area (Å²) in [5.41, 5.74) is 0.801. The fraction of sp³-hybridized carbons (Fsp3) is 0.235. The van der Waals surface area contributed by atoms with Gasteiger partial charge in [-0.25, -0.2) is 13.1 Å². The van der Waals surface area contributed by atoms with Crippen molar-refractivity contribution in [2.24, 2.45) is 0 Å². The zero-order valence-electron chi connectivity index (χ0n) is 14.0. The van der Waals surface area contributed by atoms with Crippen molar-refractivity contribution >= 4 is 44.8 Å². The Balaban J connectivity index is 2.02. The van der Waals surface area contributed by atoms with Gasteiger partial charge in [0.15, 0.2) is 0 Å². The highest BCUT2D eigenvalue weighted by atomic mass is 35.5. The van der Waals surface area contributed by atoms with E-state index in [1.807, 2.05) is 0 Å². The molecular formula is C17H18Cl2N2O4S. The fourth-order valence-corrected chi connectivity index (χ4v) is 3.44. The molecular weight excluding hydrogens is 399 g/mol. The van der Waals surface area contributed by atoms with Crippen LogP contribution in [-0.4, -0.2) is 34.6 Å². The molecule has 0 saturated heterocycles. The fourth-order valence-electron chi connectivity index (χ4n) is 2.06. The number of sulfonamides is 1. The van der Waals surface area contributed by atoms with Gasteiger partial charge in [-0.2, -0.15) is 0 Å². The van der Waals surface area contributed by atoms with Crippen LogP contribution >= 0.6 is 23.2 Å². The second-order valence-corrected chi connectivity index (χ2v) is 7.93. The molecule has 2 N–H and O–H groups in total. The van der Waals surface area contributed by atoms with E-state index in [0.717, 1.165) is 0 Å². The summed E-state index contributed by atoms with van der Waals surface area (Å²) in [6.07, 6.45) is 0.577. The number of carbonyl (C=O) groups is 1. The maximum Gasteiger partial charge on any atom is 0.255 e. The van der Waals surface area contributed by atoms with Gasteiger partial charge in [0.25, 0.3) is 5.91 Å². The molecule has 9 heteroatoms. The third-order valence-electron chi connectivity index (χ3n) is 3.42. The summed E-state index contributed by atoms with van der Waals surface area (Å²) in [6.45, 7) is 0.758. The molecule has 6 nitrogen and oxygen atoms in total. The standard InChI is InChI=1S/C17H18Cl2N2O4S/c1-25-10-2-9-20-26(23,24)14-6-4-13(5-7-14)21-17(22)12-3-8-15(18)16(19)11-12/h3-8,11,20H,2,9-10H2,1H3,(H,21,22). The first kappa shape index (κ1) is 20.7. The SMILES string of the molecule is COCCCNS(=O)(=O)c1ccc(NC(=O)c2ccc(Cl)c(Cl)c2)cc1. The van der Waals surface area contributed by atoms with Gasteiger partial charge in [0, 0.05) is 31.5 Å². The minimum Gasteiger partial charge on any atom is -0.385 e. The van der Waals surface area contributed by atoms with Gasteiger partial charge in [0.05, 0.1) is 14.9 Å². The Morgan fingerprint density at radius 1 is 1.08 bits per heavy atom. The van der Waals surface area contributed by atoms with Crippen LogP contribution in [0.2, 0.25) is 10.0 Å². The van der Waals surface area contributed by atoms with Crippen molar-refractivity contribution in [3.8, 4) is 0 Å². The van der Waals surface area contributed by atoms with Gasteiger partial charge in [0.1, 0.15) is 0 Å². The number of nitrogens with one attached hydrogen (secondary N) is 2. The third kappa shape index (κ3) is 5.69. The van der Waals surface area contributed by atoms with Crippen LogP contribution in [0.4, 0.5) is 5.69 Å². The average Bonchev–Trinajstić information content (AvgIpc) is 2.61. The van der Waals surface area contributed by atoms with Crippen molar-refractivity contribution in [1.29, 1.82) is 0 Å². The number of methoxy groups -OCH3 is 1. The Hall–Kier alpha value is -1.64.